The van der Waals surface area contributed by atoms with Gasteiger partial charge in [-0.25, -0.2) is 4.98 Å². The van der Waals surface area contributed by atoms with Crippen LogP contribution in [0.5, 0.6) is 5.88 Å². The molecule has 1 heterocycles. The lowest BCUT2D eigenvalue weighted by molar-refractivity contribution is 0.397. The first-order chi connectivity index (χ1) is 5.57. The van der Waals surface area contributed by atoms with Gasteiger partial charge in [-0.3, -0.25) is 0 Å². The lowest BCUT2D eigenvalue weighted by Crippen LogP contribution is -1.84. The minimum absolute atomic E-state index is 0.00759. The molecule has 3 heteroatoms. The molecular formula is C6H6BrNO. The summed E-state index contributed by atoms with van der Waals surface area (Å²) in [6.45, 7) is 0. The van der Waals surface area contributed by atoms with Crippen LogP contribution in [0.1, 0.15) is 4.11 Å². The standard InChI is InChI=1S/C6H6BrNO/c1-9-6-3-2-5(7)4-8-6/h2-4H,1H3/i2D,3D,4D. The number of pyridine rings is 1. The zero-order valence-corrected chi connectivity index (χ0v) is 6.32. The predicted octanol–water partition coefficient (Wildman–Crippen LogP) is 1.85. The smallest absolute Gasteiger partial charge is 0.212 e. The fraction of sp³-hybridized carbons (Fsp3) is 0.167. The van der Waals surface area contributed by atoms with Gasteiger partial charge in [-0.2, -0.15) is 0 Å². The third-order valence-electron chi connectivity index (χ3n) is 0.728. The van der Waals surface area contributed by atoms with Crippen LogP contribution in [0.3, 0.4) is 0 Å². The Morgan fingerprint density at radius 1 is 1.78 bits per heavy atom. The van der Waals surface area contributed by atoms with Crippen molar-refractivity contribution in [1.29, 1.82) is 0 Å². The summed E-state index contributed by atoms with van der Waals surface area (Å²) in [6.07, 6.45) is -0.0900. The Bertz CT molecular complexity index is 318. The highest BCUT2D eigenvalue weighted by Crippen LogP contribution is 2.10. The van der Waals surface area contributed by atoms with Crippen molar-refractivity contribution in [3.8, 4) is 5.88 Å². The minimum atomic E-state index is -0.111. The number of aromatic nitrogens is 1. The lowest BCUT2D eigenvalue weighted by Gasteiger charge is -1.94. The fourth-order valence-electron chi connectivity index (χ4n) is 0.361. The molecule has 0 bridgehead atoms. The number of halogens is 1. The summed E-state index contributed by atoms with van der Waals surface area (Å²) in [5, 5.41) is 0. The lowest BCUT2D eigenvalue weighted by atomic mass is 10.5. The van der Waals surface area contributed by atoms with Crippen LogP contribution in [0.2, 0.25) is 0 Å². The number of nitrogens with zero attached hydrogens (tertiary/aromatic N) is 1. The Balaban J connectivity index is 3.39. The SMILES string of the molecule is [2H]c1nc(OC)c([2H])c([2H])c1Br. The highest BCUT2D eigenvalue weighted by Gasteiger charge is 1.88. The van der Waals surface area contributed by atoms with E-state index >= 15 is 0 Å². The topological polar surface area (TPSA) is 22.1 Å². The Kier molecular flexibility index (Phi) is 1.12. The zero-order chi connectivity index (χ0) is 9.30. The highest BCUT2D eigenvalue weighted by atomic mass is 79.9. The Morgan fingerprint density at radius 3 is 3.22 bits per heavy atom. The molecule has 0 saturated carbocycles. The van der Waals surface area contributed by atoms with E-state index in [4.69, 9.17) is 8.85 Å². The molecule has 0 aliphatic heterocycles. The van der Waals surface area contributed by atoms with Crippen molar-refractivity contribution in [2.24, 2.45) is 0 Å². The van der Waals surface area contributed by atoms with E-state index in [1.54, 1.807) is 0 Å². The molecule has 1 aromatic rings. The van der Waals surface area contributed by atoms with Crippen LogP contribution >= 0.6 is 15.9 Å². The van der Waals surface area contributed by atoms with E-state index in [0.717, 1.165) is 0 Å². The average molecular weight is 191 g/mol. The van der Waals surface area contributed by atoms with Gasteiger partial charge in [-0.15, -0.1) is 0 Å². The monoisotopic (exact) mass is 190 g/mol. The van der Waals surface area contributed by atoms with E-state index in [1.165, 1.54) is 7.11 Å². The molecule has 0 amide bonds. The average Bonchev–Trinajstić information content (AvgIpc) is 2.08. The molecule has 0 aromatic carbocycles. The van der Waals surface area contributed by atoms with E-state index < -0.39 is 0 Å². The Morgan fingerprint density at radius 2 is 2.56 bits per heavy atom. The van der Waals surface area contributed by atoms with E-state index in [2.05, 4.69) is 20.9 Å². The normalized spacial score (nSPS) is 13.8. The minimum Gasteiger partial charge on any atom is -0.481 e. The van der Waals surface area contributed by atoms with E-state index in [9.17, 15) is 0 Å². The van der Waals surface area contributed by atoms with Gasteiger partial charge >= 0.3 is 0 Å². The first-order valence-corrected chi connectivity index (χ1v) is 3.04. The van der Waals surface area contributed by atoms with Crippen LogP contribution in [-0.2, 0) is 0 Å². The molecule has 0 fully saturated rings. The molecule has 0 radical (unpaired) electrons. The third-order valence-corrected chi connectivity index (χ3v) is 1.10. The number of rotatable bonds is 1. The molecule has 0 saturated heterocycles. The van der Waals surface area contributed by atoms with Crippen LogP contribution in [0.4, 0.5) is 0 Å². The predicted molar refractivity (Wildman–Crippen MR) is 38.5 cm³/mol. The molecule has 0 unspecified atom stereocenters. The molecule has 0 aliphatic rings. The van der Waals surface area contributed by atoms with Gasteiger partial charge in [0.25, 0.3) is 0 Å². The number of ether oxygens (including phenoxy) is 1. The van der Waals surface area contributed by atoms with Gasteiger partial charge in [0.05, 0.1) is 11.2 Å². The van der Waals surface area contributed by atoms with Crippen molar-refractivity contribution in [2.75, 3.05) is 7.11 Å². The van der Waals surface area contributed by atoms with Crippen molar-refractivity contribution >= 4 is 15.9 Å². The van der Waals surface area contributed by atoms with Crippen LogP contribution in [0.15, 0.2) is 22.7 Å². The summed E-state index contributed by atoms with van der Waals surface area (Å²) in [5.74, 6) is 0.00759. The molecule has 0 N–H and O–H groups in total. The highest BCUT2D eigenvalue weighted by molar-refractivity contribution is 9.10. The summed E-state index contributed by atoms with van der Waals surface area (Å²) in [6, 6.07) is -0.188. The first-order valence-electron chi connectivity index (χ1n) is 3.75. The van der Waals surface area contributed by atoms with Gasteiger partial charge in [0.2, 0.25) is 5.88 Å². The quantitative estimate of drug-likeness (QED) is 0.675. The second kappa shape index (κ2) is 2.82. The largest absolute Gasteiger partial charge is 0.481 e. The van der Waals surface area contributed by atoms with Gasteiger partial charge in [0.15, 0.2) is 0 Å². The third kappa shape index (κ3) is 1.68. The van der Waals surface area contributed by atoms with Gasteiger partial charge in [0, 0.05) is 16.7 Å². The summed E-state index contributed by atoms with van der Waals surface area (Å²) in [7, 11) is 1.35. The van der Waals surface area contributed by atoms with E-state index in [1.807, 2.05) is 0 Å². The Hall–Kier alpha value is -0.570. The molecule has 1 aromatic heterocycles. The van der Waals surface area contributed by atoms with Crippen LogP contribution in [-0.4, -0.2) is 12.1 Å². The van der Waals surface area contributed by atoms with Crippen LogP contribution in [0.25, 0.3) is 0 Å². The van der Waals surface area contributed by atoms with Gasteiger partial charge in [0.1, 0.15) is 0 Å². The van der Waals surface area contributed by atoms with Crippen molar-refractivity contribution < 1.29 is 8.85 Å². The summed E-state index contributed by atoms with van der Waals surface area (Å²) >= 11 is 2.98. The zero-order valence-electron chi connectivity index (χ0n) is 7.73. The van der Waals surface area contributed by atoms with Crippen molar-refractivity contribution in [3.05, 3.63) is 22.7 Å². The fourth-order valence-corrected chi connectivity index (χ4v) is 0.549. The molecule has 1 rings (SSSR count). The summed E-state index contributed by atoms with van der Waals surface area (Å²) in [4.78, 5) is 3.64. The molecule has 9 heavy (non-hydrogen) atoms. The summed E-state index contributed by atoms with van der Waals surface area (Å²) < 4.78 is 26.9. The molecule has 48 valence electrons. The van der Waals surface area contributed by atoms with Crippen LogP contribution in [0, 0.1) is 0 Å². The van der Waals surface area contributed by atoms with Crippen molar-refractivity contribution in [3.63, 3.8) is 0 Å². The van der Waals surface area contributed by atoms with Gasteiger partial charge in [-0.05, 0) is 22.0 Å². The number of hydrogen-bond acceptors (Lipinski definition) is 2. The van der Waals surface area contributed by atoms with Gasteiger partial charge < -0.3 is 4.74 Å². The van der Waals surface area contributed by atoms with E-state index in [-0.39, 0.29) is 28.6 Å². The molecule has 0 atom stereocenters. The van der Waals surface area contributed by atoms with Gasteiger partial charge in [-0.1, -0.05) is 0 Å². The molecule has 2 nitrogen and oxygen atoms in total. The second-order valence-corrected chi connectivity index (χ2v) is 2.09. The van der Waals surface area contributed by atoms with Crippen LogP contribution < -0.4 is 4.74 Å². The van der Waals surface area contributed by atoms with Crippen molar-refractivity contribution in [1.82, 2.24) is 4.98 Å². The summed E-state index contributed by atoms with van der Waals surface area (Å²) in [5.41, 5.74) is 0. The maximum absolute atomic E-state index is 7.35. The Labute approximate surface area is 66.2 Å². The first kappa shape index (κ1) is 3.56. The molecular weight excluding hydrogens is 182 g/mol. The van der Waals surface area contributed by atoms with E-state index in [0.29, 0.717) is 0 Å². The molecule has 0 spiro atoms. The van der Waals surface area contributed by atoms with Crippen molar-refractivity contribution in [2.45, 2.75) is 0 Å². The maximum Gasteiger partial charge on any atom is 0.212 e. The number of methoxy groups -OCH3 is 1. The second-order valence-electron chi connectivity index (χ2n) is 1.30. The molecule has 0 aliphatic carbocycles. The number of hydrogen-bond donors (Lipinski definition) is 0. The maximum atomic E-state index is 7.35.